The van der Waals surface area contributed by atoms with E-state index in [0.29, 0.717) is 0 Å². The first-order valence-electron chi connectivity index (χ1n) is 7.46. The molecule has 0 fully saturated rings. The van der Waals surface area contributed by atoms with Crippen molar-refractivity contribution in [2.75, 3.05) is 11.9 Å². The van der Waals surface area contributed by atoms with E-state index in [0.717, 1.165) is 29.0 Å². The molecule has 4 rings (SSSR count). The molecule has 3 heterocycles. The van der Waals surface area contributed by atoms with Crippen LogP contribution in [0.25, 0.3) is 21.3 Å². The van der Waals surface area contributed by atoms with Gasteiger partial charge in [0.15, 0.2) is 0 Å². The van der Waals surface area contributed by atoms with E-state index in [1.165, 1.54) is 16.0 Å². The summed E-state index contributed by atoms with van der Waals surface area (Å²) < 4.78 is 0. The first-order chi connectivity index (χ1) is 11.4. The second-order valence-corrected chi connectivity index (χ2v) is 7.06. The van der Waals surface area contributed by atoms with Crippen LogP contribution in [0.5, 0.6) is 0 Å². The van der Waals surface area contributed by atoms with Crippen LogP contribution in [0.15, 0.2) is 59.6 Å². The molecule has 4 aromatic rings. The van der Waals surface area contributed by atoms with Crippen LogP contribution in [0.3, 0.4) is 0 Å². The molecule has 0 unspecified atom stereocenters. The molecule has 5 heteroatoms. The van der Waals surface area contributed by atoms with E-state index in [1.54, 1.807) is 29.0 Å². The standard InChI is InChI=1S/C18H15N3S2/c1-2-5-13(6-3-1)15-11-23-18-16(15)17(20-12-21-18)19-9-8-14-7-4-10-22-14/h1-7,10-12H,8-9H2,(H,19,20,21). The predicted octanol–water partition coefficient (Wildman–Crippen LogP) is 5.07. The van der Waals surface area contributed by atoms with Crippen LogP contribution in [0.2, 0.25) is 0 Å². The largest absolute Gasteiger partial charge is 0.369 e. The van der Waals surface area contributed by atoms with Crippen molar-refractivity contribution in [1.82, 2.24) is 9.97 Å². The zero-order chi connectivity index (χ0) is 15.5. The number of nitrogens with zero attached hydrogens (tertiary/aromatic N) is 2. The summed E-state index contributed by atoms with van der Waals surface area (Å²) in [5.41, 5.74) is 2.40. The van der Waals surface area contributed by atoms with Gasteiger partial charge in [-0.2, -0.15) is 0 Å². The van der Waals surface area contributed by atoms with Gasteiger partial charge in [-0.15, -0.1) is 22.7 Å². The quantitative estimate of drug-likeness (QED) is 0.552. The van der Waals surface area contributed by atoms with E-state index in [2.05, 4.69) is 62.4 Å². The number of thiophene rings is 2. The van der Waals surface area contributed by atoms with Crippen molar-refractivity contribution in [3.8, 4) is 11.1 Å². The van der Waals surface area contributed by atoms with E-state index in [4.69, 9.17) is 0 Å². The average molecular weight is 337 g/mol. The van der Waals surface area contributed by atoms with Crippen molar-refractivity contribution in [2.24, 2.45) is 0 Å². The minimum absolute atomic E-state index is 0.872. The van der Waals surface area contributed by atoms with Gasteiger partial charge in [-0.25, -0.2) is 9.97 Å². The highest BCUT2D eigenvalue weighted by molar-refractivity contribution is 7.17. The fourth-order valence-electron chi connectivity index (χ4n) is 2.60. The van der Waals surface area contributed by atoms with Gasteiger partial charge in [0.1, 0.15) is 17.0 Å². The summed E-state index contributed by atoms with van der Waals surface area (Å²) in [4.78, 5) is 11.3. The maximum atomic E-state index is 4.47. The number of hydrogen-bond acceptors (Lipinski definition) is 5. The second kappa shape index (κ2) is 6.48. The molecule has 0 aliphatic carbocycles. The Bertz CT molecular complexity index is 899. The van der Waals surface area contributed by atoms with Crippen molar-refractivity contribution in [3.63, 3.8) is 0 Å². The Hall–Kier alpha value is -2.24. The van der Waals surface area contributed by atoms with Crippen LogP contribution in [0, 0.1) is 0 Å². The van der Waals surface area contributed by atoms with Gasteiger partial charge in [-0.3, -0.25) is 0 Å². The monoisotopic (exact) mass is 337 g/mol. The lowest BCUT2D eigenvalue weighted by atomic mass is 10.1. The van der Waals surface area contributed by atoms with Gasteiger partial charge in [0, 0.05) is 22.4 Å². The smallest absolute Gasteiger partial charge is 0.138 e. The first-order valence-corrected chi connectivity index (χ1v) is 9.21. The Morgan fingerprint density at radius 3 is 2.70 bits per heavy atom. The zero-order valence-corrected chi connectivity index (χ0v) is 14.0. The van der Waals surface area contributed by atoms with Gasteiger partial charge in [0.2, 0.25) is 0 Å². The fraction of sp³-hybridized carbons (Fsp3) is 0.111. The molecule has 0 radical (unpaired) electrons. The third kappa shape index (κ3) is 2.98. The molecule has 0 amide bonds. The molecule has 1 N–H and O–H groups in total. The minimum atomic E-state index is 0.872. The van der Waals surface area contributed by atoms with Crippen molar-refractivity contribution >= 4 is 38.7 Å². The molecular weight excluding hydrogens is 322 g/mol. The second-order valence-electron chi connectivity index (χ2n) is 5.17. The molecule has 1 aromatic carbocycles. The van der Waals surface area contributed by atoms with Crippen molar-refractivity contribution in [2.45, 2.75) is 6.42 Å². The van der Waals surface area contributed by atoms with E-state index < -0.39 is 0 Å². The van der Waals surface area contributed by atoms with E-state index in [9.17, 15) is 0 Å². The van der Waals surface area contributed by atoms with Crippen LogP contribution < -0.4 is 5.32 Å². The third-order valence-electron chi connectivity index (χ3n) is 3.70. The Morgan fingerprint density at radius 1 is 0.957 bits per heavy atom. The molecule has 0 aliphatic heterocycles. The van der Waals surface area contributed by atoms with Gasteiger partial charge in [0.05, 0.1) is 5.39 Å². The number of anilines is 1. The molecule has 23 heavy (non-hydrogen) atoms. The highest BCUT2D eigenvalue weighted by Gasteiger charge is 2.12. The van der Waals surface area contributed by atoms with Gasteiger partial charge >= 0.3 is 0 Å². The molecule has 0 aliphatic rings. The first kappa shape index (κ1) is 14.4. The summed E-state index contributed by atoms with van der Waals surface area (Å²) in [6.45, 7) is 0.872. The van der Waals surface area contributed by atoms with E-state index >= 15 is 0 Å². The third-order valence-corrected chi connectivity index (χ3v) is 5.52. The summed E-state index contributed by atoms with van der Waals surface area (Å²) in [6.07, 6.45) is 2.65. The molecule has 3 nitrogen and oxygen atoms in total. The summed E-state index contributed by atoms with van der Waals surface area (Å²) in [5.74, 6) is 0.923. The van der Waals surface area contributed by atoms with Crippen molar-refractivity contribution in [3.05, 3.63) is 64.4 Å². The lowest BCUT2D eigenvalue weighted by molar-refractivity contribution is 1.03. The van der Waals surface area contributed by atoms with Crippen LogP contribution >= 0.6 is 22.7 Å². The van der Waals surface area contributed by atoms with Gasteiger partial charge < -0.3 is 5.32 Å². The molecule has 0 saturated heterocycles. The number of nitrogens with one attached hydrogen (secondary N) is 1. The molecular formula is C18H15N3S2. The molecule has 0 atom stereocenters. The van der Waals surface area contributed by atoms with Crippen LogP contribution in [0.1, 0.15) is 4.88 Å². The van der Waals surface area contributed by atoms with Gasteiger partial charge in [0.25, 0.3) is 0 Å². The number of hydrogen-bond donors (Lipinski definition) is 1. The zero-order valence-electron chi connectivity index (χ0n) is 12.4. The topological polar surface area (TPSA) is 37.8 Å². The van der Waals surface area contributed by atoms with E-state index in [1.807, 2.05) is 6.07 Å². The van der Waals surface area contributed by atoms with Crippen molar-refractivity contribution < 1.29 is 0 Å². The maximum absolute atomic E-state index is 4.47. The summed E-state index contributed by atoms with van der Waals surface area (Å²) in [5, 5.41) is 8.89. The SMILES string of the molecule is c1ccc(-c2csc3ncnc(NCCc4cccs4)c23)cc1. The van der Waals surface area contributed by atoms with Gasteiger partial charge in [-0.05, 0) is 23.4 Å². The van der Waals surface area contributed by atoms with Crippen LogP contribution in [0.4, 0.5) is 5.82 Å². The fourth-order valence-corrected chi connectivity index (χ4v) is 4.22. The van der Waals surface area contributed by atoms with E-state index in [-0.39, 0.29) is 0 Å². The highest BCUT2D eigenvalue weighted by atomic mass is 32.1. The van der Waals surface area contributed by atoms with Crippen LogP contribution in [-0.4, -0.2) is 16.5 Å². The molecule has 114 valence electrons. The summed E-state index contributed by atoms with van der Waals surface area (Å²) >= 11 is 3.46. The number of rotatable bonds is 5. The number of benzene rings is 1. The number of aromatic nitrogens is 2. The predicted molar refractivity (Wildman–Crippen MR) is 99.4 cm³/mol. The van der Waals surface area contributed by atoms with Gasteiger partial charge in [-0.1, -0.05) is 36.4 Å². The Labute approximate surface area is 142 Å². The number of fused-ring (bicyclic) bond motifs is 1. The lowest BCUT2D eigenvalue weighted by Crippen LogP contribution is -2.06. The minimum Gasteiger partial charge on any atom is -0.369 e. The molecule has 0 saturated carbocycles. The highest BCUT2D eigenvalue weighted by Crippen LogP contribution is 2.36. The van der Waals surface area contributed by atoms with Crippen LogP contribution in [-0.2, 0) is 6.42 Å². The normalized spacial score (nSPS) is 11.0. The summed E-state index contributed by atoms with van der Waals surface area (Å²) in [6, 6.07) is 14.7. The average Bonchev–Trinajstić information content (AvgIpc) is 3.25. The van der Waals surface area contributed by atoms with Crippen molar-refractivity contribution in [1.29, 1.82) is 0 Å². The Kier molecular flexibility index (Phi) is 4.05. The Balaban J connectivity index is 1.65. The molecule has 3 aromatic heterocycles. The molecule has 0 spiro atoms. The summed E-state index contributed by atoms with van der Waals surface area (Å²) in [7, 11) is 0. The maximum Gasteiger partial charge on any atom is 0.138 e. The molecule has 0 bridgehead atoms. The lowest BCUT2D eigenvalue weighted by Gasteiger charge is -2.08. The Morgan fingerprint density at radius 2 is 1.87 bits per heavy atom.